The van der Waals surface area contributed by atoms with Gasteiger partial charge in [-0.1, -0.05) is 101 Å². The molecule has 17 heteroatoms. The number of aliphatic carboxylic acids is 2. The summed E-state index contributed by atoms with van der Waals surface area (Å²) >= 11 is 0. The molecular weight excluding hydrogens is 1060 g/mol. The number of carboxylic acids is 2. The maximum absolute atomic E-state index is 14.0. The molecule has 0 bridgehead atoms. The number of hydrogen-bond donors (Lipinski definition) is 6. The van der Waals surface area contributed by atoms with Crippen LogP contribution in [0.25, 0.3) is 39.2 Å². The maximum atomic E-state index is 14.0. The molecule has 7 rings (SSSR count). The molecule has 2 heterocycles. The van der Waals surface area contributed by atoms with E-state index in [0.717, 1.165) is 28.2 Å². The van der Waals surface area contributed by atoms with E-state index in [1.165, 1.54) is 24.3 Å². The summed E-state index contributed by atoms with van der Waals surface area (Å²) < 4.78 is 31.9. The minimum Gasteiger partial charge on any atom is -0.550 e. The van der Waals surface area contributed by atoms with Crippen LogP contribution in [0.15, 0.2) is 146 Å². The third-order valence-electron chi connectivity index (χ3n) is 13.6. The van der Waals surface area contributed by atoms with Gasteiger partial charge in [0.1, 0.15) is 11.6 Å². The largest absolute Gasteiger partial charge is 2.00 e. The Morgan fingerprint density at radius 3 is 1.28 bits per heavy atom. The number of aromatic nitrogens is 2. The molecule has 0 fully saturated rings. The van der Waals surface area contributed by atoms with E-state index < -0.39 is 55.0 Å². The van der Waals surface area contributed by atoms with E-state index in [1.54, 1.807) is 48.5 Å². The molecule has 4 atom stereocenters. The van der Waals surface area contributed by atoms with Crippen LogP contribution in [0.3, 0.4) is 0 Å². The Kier molecular flexibility index (Phi) is 24.8. The van der Waals surface area contributed by atoms with Crippen LogP contribution in [-0.4, -0.2) is 115 Å². The SMILES string of the molecule is C/C=C(\C)c1c(C(=O)Nc2ccccc2)c(C(C)C)n(CC[C@@H](O)C[C@@H](O)CC(=O)[O-])c1-c1ccc(F)cc1.CC(C)c1c(C(=O)Nc2ccccc2)c(-c2ccccc2)c(-c2ccc(F)cc2)n1CC[C@@H](O)C[C@@H](O)CC(=O)[O-].[Ca+2]. The third-order valence-corrected chi connectivity index (χ3v) is 13.6. The van der Waals surface area contributed by atoms with Crippen molar-refractivity contribution in [3.63, 3.8) is 0 Å². The van der Waals surface area contributed by atoms with Crippen LogP contribution in [0.5, 0.6) is 0 Å². The first-order valence-electron chi connectivity index (χ1n) is 26.8. The zero-order chi connectivity index (χ0) is 58.2. The Labute approximate surface area is 501 Å². The van der Waals surface area contributed by atoms with Gasteiger partial charge in [-0.15, -0.1) is 0 Å². The first-order chi connectivity index (χ1) is 38.2. The number of carbonyl (C=O) groups is 4. The number of benzene rings is 5. The van der Waals surface area contributed by atoms with Gasteiger partial charge in [0.15, 0.2) is 0 Å². The van der Waals surface area contributed by atoms with E-state index in [1.807, 2.05) is 123 Å². The van der Waals surface area contributed by atoms with Crippen molar-refractivity contribution in [3.05, 3.63) is 185 Å². The molecule has 2 aromatic heterocycles. The van der Waals surface area contributed by atoms with Crippen LogP contribution < -0.4 is 20.8 Å². The fraction of sp³-hybridized carbons (Fsp3) is 0.312. The van der Waals surface area contributed by atoms with Crippen molar-refractivity contribution in [2.75, 3.05) is 10.6 Å². The van der Waals surface area contributed by atoms with Gasteiger partial charge < -0.3 is 60.0 Å². The first kappa shape index (κ1) is 65.1. The standard InChI is InChI=1S/C33H35FN2O5.C31H37FN2O5.Ca/c1-21(2)31-30(33(41)35-25-11-7-4-8-12-25)29(22-9-5-3-6-10-22)32(23-13-15-24(34)16-14-23)36(31)18-17-26(37)19-27(38)20-28(39)40;1-5-20(4)27-28(31(39)33-23-9-7-6-8-10-23)29(19(2)3)34(30(27)21-11-13-22(32)14-12-21)16-15-24(35)17-25(36)18-26(37)38;/h3-16,21,26-27,37-38H,17-20H2,1-2H3,(H,35,41)(H,39,40);5-14,19,24-25,35-36H,15-18H2,1-4H3,(H,33,39)(H,37,38);/q;;+2/p-2/b;20-5+;/t26-,27-;24-,25-;/m11./s1. The van der Waals surface area contributed by atoms with Crippen molar-refractivity contribution in [1.29, 1.82) is 0 Å². The van der Waals surface area contributed by atoms with Crippen LogP contribution in [0.1, 0.15) is 130 Å². The second kappa shape index (κ2) is 30.9. The van der Waals surface area contributed by atoms with Crippen LogP contribution >= 0.6 is 0 Å². The number of para-hydroxylation sites is 2. The minimum atomic E-state index is -1.39. The summed E-state index contributed by atoms with van der Waals surface area (Å²) in [5.41, 5.74) is 9.61. The van der Waals surface area contributed by atoms with Crippen LogP contribution in [0, 0.1) is 11.6 Å². The van der Waals surface area contributed by atoms with Crippen molar-refractivity contribution in [3.8, 4) is 33.6 Å². The molecule has 0 aliphatic carbocycles. The van der Waals surface area contributed by atoms with Crippen LogP contribution in [0.4, 0.5) is 20.2 Å². The number of halogens is 2. The molecular formula is C64H70CaF2N4O10. The molecule has 6 N–H and O–H groups in total. The fourth-order valence-corrected chi connectivity index (χ4v) is 10.0. The van der Waals surface area contributed by atoms with Gasteiger partial charge in [0.2, 0.25) is 0 Å². The van der Waals surface area contributed by atoms with E-state index in [2.05, 4.69) is 10.6 Å². The average Bonchev–Trinajstić information content (AvgIpc) is 3.96. The Balaban J connectivity index is 0.000000294. The second-order valence-corrected chi connectivity index (χ2v) is 20.4. The number of anilines is 2. The van der Waals surface area contributed by atoms with Gasteiger partial charge in [0.25, 0.3) is 11.8 Å². The van der Waals surface area contributed by atoms with Gasteiger partial charge >= 0.3 is 37.7 Å². The fourth-order valence-electron chi connectivity index (χ4n) is 10.0. The Morgan fingerprint density at radius 1 is 0.519 bits per heavy atom. The number of carbonyl (C=O) groups excluding carboxylic acids is 4. The minimum absolute atomic E-state index is 0. The molecule has 2 amide bonds. The van der Waals surface area contributed by atoms with Gasteiger partial charge in [-0.25, -0.2) is 8.78 Å². The van der Waals surface area contributed by atoms with E-state index in [-0.39, 0.29) is 106 Å². The van der Waals surface area contributed by atoms with Gasteiger partial charge in [-0.3, -0.25) is 9.59 Å². The van der Waals surface area contributed by atoms with Gasteiger partial charge in [-0.05, 0) is 146 Å². The monoisotopic (exact) mass is 1130 g/mol. The zero-order valence-corrected chi connectivity index (χ0v) is 48.8. The molecule has 7 aromatic rings. The summed E-state index contributed by atoms with van der Waals surface area (Å²) in [4.78, 5) is 49.6. The van der Waals surface area contributed by atoms with Gasteiger partial charge in [0.05, 0.1) is 46.9 Å². The van der Waals surface area contributed by atoms with E-state index in [9.17, 15) is 58.6 Å². The molecule has 5 aromatic carbocycles. The molecule has 0 saturated heterocycles. The third kappa shape index (κ3) is 17.6. The average molecular weight is 1130 g/mol. The summed E-state index contributed by atoms with van der Waals surface area (Å²) in [7, 11) is 0. The molecule has 0 aliphatic heterocycles. The predicted octanol–water partition coefficient (Wildman–Crippen LogP) is 9.33. The summed E-state index contributed by atoms with van der Waals surface area (Å²) in [5.74, 6) is -4.36. The number of nitrogens with one attached hydrogen (secondary N) is 2. The summed E-state index contributed by atoms with van der Waals surface area (Å²) in [6.07, 6.45) is -3.57. The van der Waals surface area contributed by atoms with Crippen LogP contribution in [-0.2, 0) is 22.7 Å². The number of aliphatic hydroxyl groups excluding tert-OH is 4. The Bertz CT molecular complexity index is 3220. The molecule has 0 aliphatic rings. The topological polar surface area (TPSA) is 229 Å². The number of hydrogen-bond acceptors (Lipinski definition) is 10. The zero-order valence-electron chi connectivity index (χ0n) is 46.6. The molecule has 0 spiro atoms. The number of amides is 2. The van der Waals surface area contributed by atoms with Crippen molar-refractivity contribution >= 4 is 78.4 Å². The van der Waals surface area contributed by atoms with Gasteiger partial charge in [0, 0.05) is 71.8 Å². The number of aliphatic hydroxyl groups is 4. The van der Waals surface area contributed by atoms with Crippen molar-refractivity contribution in [1.82, 2.24) is 9.13 Å². The predicted molar refractivity (Wildman–Crippen MR) is 309 cm³/mol. The van der Waals surface area contributed by atoms with E-state index >= 15 is 0 Å². The Hall–Kier alpha value is -6.76. The van der Waals surface area contributed by atoms with Crippen molar-refractivity contribution in [2.24, 2.45) is 0 Å². The Morgan fingerprint density at radius 2 is 0.889 bits per heavy atom. The first-order valence-corrected chi connectivity index (χ1v) is 26.8. The summed E-state index contributed by atoms with van der Waals surface area (Å²) in [5, 5.41) is 69.0. The normalized spacial score (nSPS) is 12.9. The second-order valence-electron chi connectivity index (χ2n) is 20.4. The number of rotatable bonds is 24. The number of allylic oxidation sites excluding steroid dienone is 2. The molecule has 422 valence electrons. The molecule has 14 nitrogen and oxygen atoms in total. The maximum Gasteiger partial charge on any atom is 2.00 e. The van der Waals surface area contributed by atoms with Crippen LogP contribution in [0.2, 0.25) is 0 Å². The van der Waals surface area contributed by atoms with Crippen molar-refractivity contribution < 1.29 is 58.6 Å². The summed E-state index contributed by atoms with van der Waals surface area (Å²) in [6.45, 7) is 12.3. The summed E-state index contributed by atoms with van der Waals surface area (Å²) in [6, 6.07) is 39.9. The smallest absolute Gasteiger partial charge is 0.550 e. The number of carboxylic acid groups (broad SMARTS) is 2. The van der Waals surface area contributed by atoms with Gasteiger partial charge in [-0.2, -0.15) is 0 Å². The van der Waals surface area contributed by atoms with Crippen molar-refractivity contribution in [2.45, 2.75) is 129 Å². The molecule has 81 heavy (non-hydrogen) atoms. The van der Waals surface area contributed by atoms with E-state index in [4.69, 9.17) is 0 Å². The number of nitrogens with zero attached hydrogens (tertiary/aromatic N) is 2. The molecule has 0 unspecified atom stereocenters. The molecule has 0 saturated carbocycles. The molecule has 0 radical (unpaired) electrons. The quantitative estimate of drug-likeness (QED) is 0.0314. The van der Waals surface area contributed by atoms with E-state index in [0.29, 0.717) is 50.4 Å².